The zero-order valence-electron chi connectivity index (χ0n) is 14.3. The molecule has 0 saturated carbocycles. The van der Waals surface area contributed by atoms with Crippen LogP contribution in [0.15, 0.2) is 30.5 Å². The minimum absolute atomic E-state index is 0.0977. The first-order chi connectivity index (χ1) is 11.6. The van der Waals surface area contributed by atoms with Crippen LogP contribution in [0.25, 0.3) is 0 Å². The summed E-state index contributed by atoms with van der Waals surface area (Å²) in [5.74, 6) is 1.40. The summed E-state index contributed by atoms with van der Waals surface area (Å²) in [5.41, 5.74) is 1.97. The van der Waals surface area contributed by atoms with E-state index in [0.717, 1.165) is 42.9 Å². The fourth-order valence-electron chi connectivity index (χ4n) is 3.06. The van der Waals surface area contributed by atoms with Crippen LogP contribution in [-0.4, -0.2) is 45.5 Å². The number of piperidine rings is 1. The normalized spacial score (nSPS) is 17.8. The highest BCUT2D eigenvalue weighted by atomic mass is 16.5. The lowest BCUT2D eigenvalue weighted by Crippen LogP contribution is -2.43. The second-order valence-corrected chi connectivity index (χ2v) is 6.48. The van der Waals surface area contributed by atoms with Gasteiger partial charge in [-0.1, -0.05) is 23.4 Å². The Morgan fingerprint density at radius 2 is 2.17 bits per heavy atom. The van der Waals surface area contributed by atoms with Gasteiger partial charge in [-0.05, 0) is 38.3 Å². The molecule has 0 bridgehead atoms. The van der Waals surface area contributed by atoms with E-state index in [1.807, 2.05) is 43.0 Å². The Morgan fingerprint density at radius 3 is 2.92 bits per heavy atom. The fraction of sp³-hybridized carbons (Fsp3) is 0.500. The molecule has 2 heterocycles. The monoisotopic (exact) mass is 328 g/mol. The summed E-state index contributed by atoms with van der Waals surface area (Å²) in [4.78, 5) is 14.4. The Morgan fingerprint density at radius 1 is 1.33 bits per heavy atom. The minimum atomic E-state index is 0.0977. The summed E-state index contributed by atoms with van der Waals surface area (Å²) in [7, 11) is 0. The summed E-state index contributed by atoms with van der Waals surface area (Å²) in [6, 6.07) is 8.04. The molecule has 6 nitrogen and oxygen atoms in total. The van der Waals surface area contributed by atoms with Gasteiger partial charge in [0.2, 0.25) is 5.91 Å². The second kappa shape index (κ2) is 7.47. The van der Waals surface area contributed by atoms with Gasteiger partial charge < -0.3 is 9.64 Å². The van der Waals surface area contributed by atoms with Crippen molar-refractivity contribution in [3.05, 3.63) is 41.7 Å². The molecular weight excluding hydrogens is 304 g/mol. The van der Waals surface area contributed by atoms with Crippen molar-refractivity contribution in [2.45, 2.75) is 33.2 Å². The third kappa shape index (κ3) is 4.13. The number of rotatable bonds is 5. The summed E-state index contributed by atoms with van der Waals surface area (Å²) in [6.07, 6.45) is 3.91. The van der Waals surface area contributed by atoms with Crippen LogP contribution in [0.4, 0.5) is 0 Å². The zero-order valence-corrected chi connectivity index (χ0v) is 14.3. The molecule has 3 rings (SSSR count). The van der Waals surface area contributed by atoms with Gasteiger partial charge in [0.1, 0.15) is 12.3 Å². The quantitative estimate of drug-likeness (QED) is 0.844. The molecule has 1 saturated heterocycles. The number of para-hydroxylation sites is 1. The maximum atomic E-state index is 12.4. The molecular formula is C18H24N4O2. The van der Waals surface area contributed by atoms with Gasteiger partial charge >= 0.3 is 0 Å². The first-order valence-corrected chi connectivity index (χ1v) is 8.45. The highest BCUT2D eigenvalue weighted by Crippen LogP contribution is 2.21. The van der Waals surface area contributed by atoms with Gasteiger partial charge in [-0.25, -0.2) is 4.68 Å². The zero-order chi connectivity index (χ0) is 16.9. The molecule has 1 atom stereocenters. The molecule has 1 fully saturated rings. The number of aromatic nitrogens is 3. The predicted octanol–water partition coefficient (Wildman–Crippen LogP) is 2.21. The topological polar surface area (TPSA) is 60.2 Å². The van der Waals surface area contributed by atoms with E-state index in [4.69, 9.17) is 4.74 Å². The number of carbonyl (C=O) groups excluding carboxylic acids is 1. The molecule has 0 N–H and O–H groups in total. The molecule has 2 aromatic rings. The molecule has 0 aliphatic carbocycles. The van der Waals surface area contributed by atoms with Crippen molar-refractivity contribution in [2.24, 2.45) is 5.92 Å². The number of aryl methyl sites for hydroxylation is 2. The van der Waals surface area contributed by atoms with Crippen LogP contribution in [0.3, 0.4) is 0 Å². The Hall–Kier alpha value is -2.37. The van der Waals surface area contributed by atoms with Gasteiger partial charge in [0.15, 0.2) is 0 Å². The molecule has 128 valence electrons. The number of likely N-dealkylation sites (tertiary alicyclic amines) is 1. The maximum absolute atomic E-state index is 12.4. The summed E-state index contributed by atoms with van der Waals surface area (Å²) in [5, 5.41) is 7.87. The van der Waals surface area contributed by atoms with Crippen molar-refractivity contribution >= 4 is 5.91 Å². The van der Waals surface area contributed by atoms with Gasteiger partial charge in [-0.2, -0.15) is 0 Å². The second-order valence-electron chi connectivity index (χ2n) is 6.48. The van der Waals surface area contributed by atoms with Crippen LogP contribution in [-0.2, 0) is 11.3 Å². The average molecular weight is 328 g/mol. The number of carbonyl (C=O) groups is 1. The molecule has 24 heavy (non-hydrogen) atoms. The first-order valence-electron chi connectivity index (χ1n) is 8.45. The summed E-state index contributed by atoms with van der Waals surface area (Å²) in [6.45, 7) is 6.38. The Labute approximate surface area is 142 Å². The largest absolute Gasteiger partial charge is 0.493 e. The van der Waals surface area contributed by atoms with Crippen LogP contribution in [0, 0.1) is 19.8 Å². The molecule has 0 spiro atoms. The first kappa shape index (κ1) is 16.5. The van der Waals surface area contributed by atoms with Crippen molar-refractivity contribution in [3.63, 3.8) is 0 Å². The highest BCUT2D eigenvalue weighted by Gasteiger charge is 2.24. The van der Waals surface area contributed by atoms with Crippen molar-refractivity contribution in [2.75, 3.05) is 19.7 Å². The van der Waals surface area contributed by atoms with Gasteiger partial charge in [-0.3, -0.25) is 4.79 Å². The minimum Gasteiger partial charge on any atom is -0.493 e. The molecule has 0 unspecified atom stereocenters. The van der Waals surface area contributed by atoms with Crippen molar-refractivity contribution < 1.29 is 9.53 Å². The summed E-state index contributed by atoms with van der Waals surface area (Å²) < 4.78 is 7.56. The molecule has 1 aliphatic rings. The molecule has 6 heteroatoms. The van der Waals surface area contributed by atoms with Crippen LogP contribution in [0.1, 0.15) is 24.1 Å². The van der Waals surface area contributed by atoms with E-state index in [9.17, 15) is 4.79 Å². The fourth-order valence-corrected chi connectivity index (χ4v) is 3.06. The van der Waals surface area contributed by atoms with Crippen LogP contribution >= 0.6 is 0 Å². The van der Waals surface area contributed by atoms with Crippen molar-refractivity contribution in [1.29, 1.82) is 0 Å². The third-order valence-corrected chi connectivity index (χ3v) is 4.39. The average Bonchev–Trinajstić information content (AvgIpc) is 2.99. The number of ether oxygens (including phenoxy) is 1. The van der Waals surface area contributed by atoms with E-state index < -0.39 is 0 Å². The standard InChI is InChI=1S/C18H24N4O2/c1-14-6-3-4-8-17(14)24-13-16-7-5-9-21(11-16)18(23)12-22-10-15(2)19-20-22/h3-4,6,8,10,16H,5,7,9,11-13H2,1-2H3/t16-/m0/s1. The van der Waals surface area contributed by atoms with Crippen LogP contribution < -0.4 is 4.74 Å². The Balaban J connectivity index is 1.52. The number of nitrogens with zero attached hydrogens (tertiary/aromatic N) is 4. The number of hydrogen-bond donors (Lipinski definition) is 0. The lowest BCUT2D eigenvalue weighted by molar-refractivity contribution is -0.134. The maximum Gasteiger partial charge on any atom is 0.244 e. The third-order valence-electron chi connectivity index (χ3n) is 4.39. The number of hydrogen-bond acceptors (Lipinski definition) is 4. The van der Waals surface area contributed by atoms with Gasteiger partial charge in [0.05, 0.1) is 12.3 Å². The number of amides is 1. The van der Waals surface area contributed by atoms with Crippen molar-refractivity contribution in [1.82, 2.24) is 19.9 Å². The summed E-state index contributed by atoms with van der Waals surface area (Å²) >= 11 is 0. The highest BCUT2D eigenvalue weighted by molar-refractivity contribution is 5.76. The smallest absolute Gasteiger partial charge is 0.244 e. The SMILES string of the molecule is Cc1cn(CC(=O)N2CCC[C@H](COc3ccccc3C)C2)nn1. The predicted molar refractivity (Wildman–Crippen MR) is 90.7 cm³/mol. The van der Waals surface area contributed by atoms with Gasteiger partial charge in [0.25, 0.3) is 0 Å². The van der Waals surface area contributed by atoms with Gasteiger partial charge in [-0.15, -0.1) is 5.10 Å². The number of benzene rings is 1. The van der Waals surface area contributed by atoms with Crippen LogP contribution in [0.2, 0.25) is 0 Å². The van der Waals surface area contributed by atoms with E-state index in [2.05, 4.69) is 10.3 Å². The molecule has 1 aliphatic heterocycles. The Kier molecular flexibility index (Phi) is 5.13. The van der Waals surface area contributed by atoms with E-state index >= 15 is 0 Å². The molecule has 1 amide bonds. The lowest BCUT2D eigenvalue weighted by atomic mass is 9.99. The molecule has 0 radical (unpaired) electrons. The van der Waals surface area contributed by atoms with Gasteiger partial charge in [0, 0.05) is 25.2 Å². The van der Waals surface area contributed by atoms with E-state index in [1.54, 1.807) is 10.9 Å². The Bertz CT molecular complexity index is 698. The molecule has 1 aromatic heterocycles. The molecule has 1 aromatic carbocycles. The van der Waals surface area contributed by atoms with E-state index in [1.165, 1.54) is 0 Å². The van der Waals surface area contributed by atoms with E-state index in [-0.39, 0.29) is 12.5 Å². The lowest BCUT2D eigenvalue weighted by Gasteiger charge is -2.32. The van der Waals surface area contributed by atoms with Crippen LogP contribution in [0.5, 0.6) is 5.75 Å². The van der Waals surface area contributed by atoms with E-state index in [0.29, 0.717) is 12.5 Å². The van der Waals surface area contributed by atoms with Crippen molar-refractivity contribution in [3.8, 4) is 5.75 Å².